The van der Waals surface area contributed by atoms with E-state index in [9.17, 15) is 28.5 Å². The summed E-state index contributed by atoms with van der Waals surface area (Å²) in [7, 11) is 0. The maximum Gasteiger partial charge on any atom is 0.353 e. The Kier molecular flexibility index (Phi) is 5.80. The third-order valence-corrected chi connectivity index (χ3v) is 5.23. The van der Waals surface area contributed by atoms with Crippen LogP contribution in [0.15, 0.2) is 54.7 Å². The molecule has 2 amide bonds. The first-order chi connectivity index (χ1) is 16.2. The van der Waals surface area contributed by atoms with Crippen LogP contribution < -0.4 is 21.1 Å². The zero-order valence-electron chi connectivity index (χ0n) is 17.4. The Hall–Kier alpha value is -4.61. The molecule has 2 aromatic carbocycles. The minimum absolute atomic E-state index is 0.0550. The first-order valence-corrected chi connectivity index (χ1v) is 9.94. The maximum absolute atomic E-state index is 14.6. The van der Waals surface area contributed by atoms with Crippen LogP contribution in [0.25, 0.3) is 0 Å². The quantitative estimate of drug-likeness (QED) is 0.269. The summed E-state index contributed by atoms with van der Waals surface area (Å²) in [5.41, 5.74) is 3.95. The first kappa shape index (κ1) is 22.6. The van der Waals surface area contributed by atoms with Crippen molar-refractivity contribution in [2.24, 2.45) is 5.41 Å². The summed E-state index contributed by atoms with van der Waals surface area (Å²) < 4.78 is 32.9. The number of hydrogen-bond acceptors (Lipinski definition) is 7. The zero-order valence-corrected chi connectivity index (χ0v) is 17.4. The van der Waals surface area contributed by atoms with Gasteiger partial charge in [-0.15, -0.1) is 0 Å². The second-order valence-corrected chi connectivity index (χ2v) is 7.54. The number of nitrogens with one attached hydrogen (secondary N) is 2. The lowest BCUT2D eigenvalue weighted by molar-refractivity contribution is -0.384. The summed E-state index contributed by atoms with van der Waals surface area (Å²) in [6.45, 7) is 0. The molecule has 1 aliphatic carbocycles. The summed E-state index contributed by atoms with van der Waals surface area (Å²) in [5.74, 6) is -3.60. The number of amides is 2. The molecule has 174 valence electrons. The lowest BCUT2D eigenvalue weighted by atomic mass is 10.0. The monoisotopic (exact) mass is 469 g/mol. The predicted octanol–water partition coefficient (Wildman–Crippen LogP) is 4.00. The van der Waals surface area contributed by atoms with Gasteiger partial charge in [-0.05, 0) is 49.2 Å². The number of anilines is 3. The Morgan fingerprint density at radius 1 is 1.00 bits per heavy atom. The van der Waals surface area contributed by atoms with Gasteiger partial charge in [0, 0.05) is 29.7 Å². The van der Waals surface area contributed by atoms with E-state index in [0.29, 0.717) is 18.5 Å². The van der Waals surface area contributed by atoms with Gasteiger partial charge in [-0.25, -0.2) is 13.8 Å². The topological polar surface area (TPSA) is 149 Å². The molecular weight excluding hydrogens is 452 g/mol. The van der Waals surface area contributed by atoms with Crippen molar-refractivity contribution in [1.29, 1.82) is 0 Å². The lowest BCUT2D eigenvalue weighted by Crippen LogP contribution is -2.35. The molecule has 3 aromatic rings. The predicted molar refractivity (Wildman–Crippen MR) is 117 cm³/mol. The summed E-state index contributed by atoms with van der Waals surface area (Å²) in [5, 5.41) is 16.3. The molecule has 0 atom stereocenters. The van der Waals surface area contributed by atoms with E-state index >= 15 is 0 Å². The average Bonchev–Trinajstić information content (AvgIpc) is 3.59. The van der Waals surface area contributed by atoms with Crippen LogP contribution in [0, 0.1) is 27.2 Å². The second kappa shape index (κ2) is 8.73. The van der Waals surface area contributed by atoms with Gasteiger partial charge in [-0.3, -0.25) is 19.7 Å². The van der Waals surface area contributed by atoms with Crippen molar-refractivity contribution in [2.75, 3.05) is 16.4 Å². The van der Waals surface area contributed by atoms with E-state index in [1.807, 2.05) is 0 Å². The molecule has 0 bridgehead atoms. The van der Waals surface area contributed by atoms with Crippen LogP contribution in [0.5, 0.6) is 11.5 Å². The van der Waals surface area contributed by atoms with Crippen molar-refractivity contribution in [3.63, 3.8) is 0 Å². The Balaban J connectivity index is 1.46. The fraction of sp³-hybridized carbons (Fsp3) is 0.136. The number of carbonyl (C=O) groups is 2. The molecule has 1 heterocycles. The number of carbonyl (C=O) groups excluding carboxylic acids is 2. The number of benzene rings is 2. The average molecular weight is 469 g/mol. The summed E-state index contributed by atoms with van der Waals surface area (Å²) in [6.07, 6.45) is 1.77. The number of nitro groups is 1. The fourth-order valence-electron chi connectivity index (χ4n) is 3.21. The molecular formula is C22H17F2N5O5. The minimum atomic E-state index is -1.32. The van der Waals surface area contributed by atoms with Gasteiger partial charge in [0.2, 0.25) is 23.4 Å². The Morgan fingerprint density at radius 3 is 2.21 bits per heavy atom. The standard InChI is InChI=1S/C22H17F2N5O5/c23-12-1-3-13(4-2-12)27-20(30)22(8-9-22)21(31)28-14-5-6-16(15(24)11-14)34-17-7-10-26-19(25)18(17)29(32)33/h1-7,10-11H,8-9H2,(H2,25,26)(H,27,30)(H,28,31). The Bertz CT molecular complexity index is 1300. The van der Waals surface area contributed by atoms with Crippen LogP contribution in [0.4, 0.5) is 31.7 Å². The third kappa shape index (κ3) is 4.46. The van der Waals surface area contributed by atoms with Crippen LogP contribution in [0.2, 0.25) is 0 Å². The molecule has 0 spiro atoms. The van der Waals surface area contributed by atoms with Gasteiger partial charge in [0.05, 0.1) is 4.92 Å². The van der Waals surface area contributed by atoms with Gasteiger partial charge >= 0.3 is 5.69 Å². The van der Waals surface area contributed by atoms with Crippen LogP contribution in [0.1, 0.15) is 12.8 Å². The number of halogens is 2. The molecule has 0 radical (unpaired) electrons. The van der Waals surface area contributed by atoms with Crippen molar-refractivity contribution in [2.45, 2.75) is 12.8 Å². The highest BCUT2D eigenvalue weighted by molar-refractivity contribution is 6.16. The molecule has 1 aromatic heterocycles. The normalized spacial score (nSPS) is 13.6. The van der Waals surface area contributed by atoms with Gasteiger partial charge in [0.15, 0.2) is 11.6 Å². The molecule has 0 unspecified atom stereocenters. The van der Waals surface area contributed by atoms with Gasteiger partial charge in [0.25, 0.3) is 0 Å². The smallest absolute Gasteiger partial charge is 0.353 e. The molecule has 0 aliphatic heterocycles. The number of pyridine rings is 1. The summed E-state index contributed by atoms with van der Waals surface area (Å²) >= 11 is 0. The molecule has 12 heteroatoms. The van der Waals surface area contributed by atoms with E-state index in [2.05, 4.69) is 15.6 Å². The van der Waals surface area contributed by atoms with Crippen molar-refractivity contribution < 1.29 is 28.0 Å². The summed E-state index contributed by atoms with van der Waals surface area (Å²) in [6, 6.07) is 9.71. The number of nitrogens with zero attached hydrogens (tertiary/aromatic N) is 2. The highest BCUT2D eigenvalue weighted by Gasteiger charge is 2.56. The van der Waals surface area contributed by atoms with Crippen LogP contribution in [0.3, 0.4) is 0 Å². The number of nitrogen functional groups attached to an aromatic ring is 1. The zero-order chi connectivity index (χ0) is 24.5. The van der Waals surface area contributed by atoms with Gasteiger partial charge in [-0.2, -0.15) is 0 Å². The van der Waals surface area contributed by atoms with Crippen LogP contribution in [-0.4, -0.2) is 21.7 Å². The van der Waals surface area contributed by atoms with Crippen LogP contribution >= 0.6 is 0 Å². The van der Waals surface area contributed by atoms with Crippen LogP contribution in [-0.2, 0) is 9.59 Å². The van der Waals surface area contributed by atoms with Gasteiger partial charge < -0.3 is 21.1 Å². The van der Waals surface area contributed by atoms with E-state index in [1.165, 1.54) is 48.7 Å². The number of ether oxygens (including phenoxy) is 1. The molecule has 1 aliphatic rings. The highest BCUT2D eigenvalue weighted by atomic mass is 19.1. The molecule has 4 N–H and O–H groups in total. The second-order valence-electron chi connectivity index (χ2n) is 7.54. The maximum atomic E-state index is 14.6. The van der Waals surface area contributed by atoms with E-state index < -0.39 is 39.5 Å². The number of rotatable bonds is 7. The number of nitrogens with two attached hydrogens (primary N) is 1. The molecule has 10 nitrogen and oxygen atoms in total. The Morgan fingerprint density at radius 2 is 1.62 bits per heavy atom. The third-order valence-electron chi connectivity index (χ3n) is 5.23. The van der Waals surface area contributed by atoms with E-state index in [1.54, 1.807) is 0 Å². The molecule has 1 saturated carbocycles. The molecule has 4 rings (SSSR count). The molecule has 34 heavy (non-hydrogen) atoms. The summed E-state index contributed by atoms with van der Waals surface area (Å²) in [4.78, 5) is 39.4. The molecule has 0 saturated heterocycles. The highest BCUT2D eigenvalue weighted by Crippen LogP contribution is 2.47. The molecule has 1 fully saturated rings. The van der Waals surface area contributed by atoms with Gasteiger partial charge in [-0.1, -0.05) is 0 Å². The number of hydrogen-bond donors (Lipinski definition) is 3. The fourth-order valence-corrected chi connectivity index (χ4v) is 3.21. The van der Waals surface area contributed by atoms with E-state index in [4.69, 9.17) is 10.5 Å². The minimum Gasteiger partial charge on any atom is -0.447 e. The van der Waals surface area contributed by atoms with E-state index in [-0.39, 0.29) is 23.0 Å². The first-order valence-electron chi connectivity index (χ1n) is 9.94. The van der Waals surface area contributed by atoms with Crippen molar-refractivity contribution in [1.82, 2.24) is 4.98 Å². The Labute approximate surface area is 190 Å². The lowest BCUT2D eigenvalue weighted by Gasteiger charge is -2.16. The van der Waals surface area contributed by atoms with Crippen molar-refractivity contribution >= 4 is 34.7 Å². The SMILES string of the molecule is Nc1nccc(Oc2ccc(NC(=O)C3(C(=O)Nc4ccc(F)cc4)CC3)cc2F)c1[N+](=O)[O-]. The van der Waals surface area contributed by atoms with Gasteiger partial charge in [0.1, 0.15) is 11.2 Å². The van der Waals surface area contributed by atoms with E-state index in [0.717, 1.165) is 6.07 Å². The largest absolute Gasteiger partial charge is 0.447 e. The van der Waals surface area contributed by atoms with Crippen molar-refractivity contribution in [3.8, 4) is 11.5 Å². The number of aromatic nitrogens is 1. The van der Waals surface area contributed by atoms with Crippen molar-refractivity contribution in [3.05, 3.63) is 76.5 Å².